The highest BCUT2D eigenvalue weighted by Crippen LogP contribution is 2.23. The third-order valence-electron chi connectivity index (χ3n) is 2.32. The van der Waals surface area contributed by atoms with Gasteiger partial charge in [0.05, 0.1) is 10.9 Å². The predicted octanol–water partition coefficient (Wildman–Crippen LogP) is 2.98. The van der Waals surface area contributed by atoms with E-state index in [4.69, 9.17) is 9.47 Å². The summed E-state index contributed by atoms with van der Waals surface area (Å²) in [5.41, 5.74) is 0.588. The summed E-state index contributed by atoms with van der Waals surface area (Å²) in [4.78, 5) is 23.1. The van der Waals surface area contributed by atoms with Crippen LogP contribution in [0, 0.1) is 0 Å². The van der Waals surface area contributed by atoms with Gasteiger partial charge in [0.15, 0.2) is 12.4 Å². The maximum Gasteiger partial charge on any atom is 0.344 e. The van der Waals surface area contributed by atoms with Crippen LogP contribution in [0.3, 0.4) is 0 Å². The molecule has 0 atom stereocenters. The molecular formula is C14H17BrO4. The number of benzene rings is 1. The van der Waals surface area contributed by atoms with Crippen molar-refractivity contribution in [1.29, 1.82) is 0 Å². The third kappa shape index (κ3) is 5.03. The van der Waals surface area contributed by atoms with Crippen LogP contribution in [0.1, 0.15) is 31.1 Å². The lowest BCUT2D eigenvalue weighted by molar-refractivity contribution is -0.145. The molecule has 0 spiro atoms. The van der Waals surface area contributed by atoms with Gasteiger partial charge in [0.1, 0.15) is 5.75 Å². The fraction of sp³-hybridized carbons (Fsp3) is 0.429. The molecule has 0 saturated carbocycles. The Hall–Kier alpha value is -1.36. The van der Waals surface area contributed by atoms with E-state index in [-0.39, 0.29) is 12.4 Å². The van der Waals surface area contributed by atoms with Crippen molar-refractivity contribution >= 4 is 27.7 Å². The van der Waals surface area contributed by atoms with Crippen LogP contribution in [-0.4, -0.2) is 29.3 Å². The lowest BCUT2D eigenvalue weighted by Gasteiger charge is -2.14. The molecule has 19 heavy (non-hydrogen) atoms. The summed E-state index contributed by atoms with van der Waals surface area (Å²) < 4.78 is 9.39. The van der Waals surface area contributed by atoms with Crippen LogP contribution >= 0.6 is 15.9 Å². The van der Waals surface area contributed by atoms with Gasteiger partial charge in [-0.05, 0) is 45.0 Å². The predicted molar refractivity (Wildman–Crippen MR) is 75.9 cm³/mol. The number of ketones is 1. The minimum Gasteiger partial charge on any atom is -0.482 e. The molecule has 0 amide bonds. The SMILES string of the molecule is CCOC(=O)COc1ccc(C(=O)C(C)(C)Br)cc1. The average Bonchev–Trinajstić information content (AvgIpc) is 2.35. The van der Waals surface area contributed by atoms with Gasteiger partial charge in [-0.25, -0.2) is 4.79 Å². The summed E-state index contributed by atoms with van der Waals surface area (Å²) in [5, 5.41) is 0. The molecule has 1 aromatic rings. The van der Waals surface area contributed by atoms with E-state index in [2.05, 4.69) is 15.9 Å². The van der Waals surface area contributed by atoms with Crippen molar-refractivity contribution in [3.63, 3.8) is 0 Å². The Morgan fingerprint density at radius 3 is 2.26 bits per heavy atom. The first-order valence-electron chi connectivity index (χ1n) is 5.96. The first kappa shape index (κ1) is 15.7. The number of alkyl halides is 1. The average molecular weight is 329 g/mol. The summed E-state index contributed by atoms with van der Waals surface area (Å²) in [6, 6.07) is 6.66. The Kier molecular flexibility index (Phi) is 5.54. The van der Waals surface area contributed by atoms with E-state index in [9.17, 15) is 9.59 Å². The summed E-state index contributed by atoms with van der Waals surface area (Å²) in [6.07, 6.45) is 0. The molecule has 0 aliphatic carbocycles. The van der Waals surface area contributed by atoms with E-state index in [1.165, 1.54) is 0 Å². The fourth-order valence-electron chi connectivity index (χ4n) is 1.39. The molecule has 0 fully saturated rings. The summed E-state index contributed by atoms with van der Waals surface area (Å²) in [6.45, 7) is 5.52. The molecule has 0 heterocycles. The maximum absolute atomic E-state index is 12.0. The Morgan fingerprint density at radius 1 is 1.21 bits per heavy atom. The quantitative estimate of drug-likeness (QED) is 0.457. The van der Waals surface area contributed by atoms with Crippen molar-refractivity contribution < 1.29 is 19.1 Å². The van der Waals surface area contributed by atoms with Gasteiger partial charge in [0.2, 0.25) is 0 Å². The molecule has 0 N–H and O–H groups in total. The van der Waals surface area contributed by atoms with Crippen LogP contribution < -0.4 is 4.74 Å². The van der Waals surface area contributed by atoms with Crippen LogP contribution in [0.15, 0.2) is 24.3 Å². The highest BCUT2D eigenvalue weighted by Gasteiger charge is 2.24. The van der Waals surface area contributed by atoms with Crippen molar-refractivity contribution in [3.8, 4) is 5.75 Å². The van der Waals surface area contributed by atoms with E-state index in [1.54, 1.807) is 45.0 Å². The van der Waals surface area contributed by atoms with Crippen LogP contribution in [0.5, 0.6) is 5.75 Å². The summed E-state index contributed by atoms with van der Waals surface area (Å²) >= 11 is 3.32. The molecule has 0 aromatic heterocycles. The highest BCUT2D eigenvalue weighted by molar-refractivity contribution is 9.10. The maximum atomic E-state index is 12.0. The molecule has 5 heteroatoms. The Labute approximate surface area is 121 Å². The van der Waals surface area contributed by atoms with Crippen molar-refractivity contribution in [2.24, 2.45) is 0 Å². The standard InChI is InChI=1S/C14H17BrO4/c1-4-18-12(16)9-19-11-7-5-10(6-8-11)13(17)14(2,3)15/h5-8H,4,9H2,1-3H3. The van der Waals surface area contributed by atoms with Gasteiger partial charge < -0.3 is 9.47 Å². The van der Waals surface area contributed by atoms with Gasteiger partial charge in [0.25, 0.3) is 0 Å². The second-order valence-electron chi connectivity index (χ2n) is 4.42. The number of halogens is 1. The van der Waals surface area contributed by atoms with Gasteiger partial charge >= 0.3 is 5.97 Å². The van der Waals surface area contributed by atoms with E-state index in [0.717, 1.165) is 0 Å². The third-order valence-corrected chi connectivity index (χ3v) is 2.68. The number of esters is 1. The number of rotatable bonds is 6. The van der Waals surface area contributed by atoms with E-state index < -0.39 is 10.3 Å². The van der Waals surface area contributed by atoms with E-state index in [1.807, 2.05) is 0 Å². The Balaban J connectivity index is 2.62. The zero-order valence-corrected chi connectivity index (χ0v) is 12.8. The molecule has 0 bridgehead atoms. The molecule has 0 aliphatic rings. The Bertz CT molecular complexity index is 446. The van der Waals surface area contributed by atoms with Gasteiger partial charge in [-0.15, -0.1) is 0 Å². The highest BCUT2D eigenvalue weighted by atomic mass is 79.9. The topological polar surface area (TPSA) is 52.6 Å². The molecule has 1 rings (SSSR count). The first-order chi connectivity index (χ1) is 8.84. The molecule has 1 aromatic carbocycles. The van der Waals surface area contributed by atoms with Crippen LogP contribution in [0.2, 0.25) is 0 Å². The minimum absolute atomic E-state index is 0.00978. The van der Waals surface area contributed by atoms with E-state index in [0.29, 0.717) is 17.9 Å². The van der Waals surface area contributed by atoms with Crippen LogP contribution in [0.25, 0.3) is 0 Å². The number of carbonyl (C=O) groups excluding carboxylic acids is 2. The molecular weight excluding hydrogens is 312 g/mol. The number of Topliss-reactive ketones (excluding diaryl/α,β-unsaturated/α-hetero) is 1. The number of ether oxygens (including phenoxy) is 2. The smallest absolute Gasteiger partial charge is 0.344 e. The lowest BCUT2D eigenvalue weighted by Crippen LogP contribution is -2.23. The lowest BCUT2D eigenvalue weighted by atomic mass is 10.0. The zero-order valence-electron chi connectivity index (χ0n) is 11.2. The largest absolute Gasteiger partial charge is 0.482 e. The zero-order chi connectivity index (χ0) is 14.5. The molecule has 4 nitrogen and oxygen atoms in total. The van der Waals surface area contributed by atoms with Gasteiger partial charge in [0, 0.05) is 5.56 Å². The second-order valence-corrected chi connectivity index (χ2v) is 6.40. The van der Waals surface area contributed by atoms with Crippen molar-refractivity contribution in [2.45, 2.75) is 25.1 Å². The normalized spacial score (nSPS) is 10.9. The van der Waals surface area contributed by atoms with E-state index >= 15 is 0 Å². The van der Waals surface area contributed by atoms with Gasteiger partial charge in [-0.3, -0.25) is 4.79 Å². The second kappa shape index (κ2) is 6.70. The molecule has 0 radical (unpaired) electrons. The summed E-state index contributed by atoms with van der Waals surface area (Å²) in [7, 11) is 0. The number of carbonyl (C=O) groups is 2. The Morgan fingerprint density at radius 2 is 1.79 bits per heavy atom. The molecule has 0 unspecified atom stereocenters. The van der Waals surface area contributed by atoms with Crippen molar-refractivity contribution in [1.82, 2.24) is 0 Å². The molecule has 0 aliphatic heterocycles. The summed E-state index contributed by atoms with van der Waals surface area (Å²) in [5.74, 6) is 0.102. The van der Waals surface area contributed by atoms with Crippen molar-refractivity contribution in [3.05, 3.63) is 29.8 Å². The van der Waals surface area contributed by atoms with Crippen LogP contribution in [-0.2, 0) is 9.53 Å². The van der Waals surface area contributed by atoms with Crippen LogP contribution in [0.4, 0.5) is 0 Å². The first-order valence-corrected chi connectivity index (χ1v) is 6.76. The van der Waals surface area contributed by atoms with Crippen molar-refractivity contribution in [2.75, 3.05) is 13.2 Å². The molecule has 0 saturated heterocycles. The number of hydrogen-bond acceptors (Lipinski definition) is 4. The van der Waals surface area contributed by atoms with Gasteiger partial charge in [-0.1, -0.05) is 15.9 Å². The molecule has 104 valence electrons. The monoisotopic (exact) mass is 328 g/mol. The van der Waals surface area contributed by atoms with Gasteiger partial charge in [-0.2, -0.15) is 0 Å². The number of hydrogen-bond donors (Lipinski definition) is 0. The minimum atomic E-state index is -0.597. The fourth-order valence-corrected chi connectivity index (χ4v) is 1.62.